The van der Waals surface area contributed by atoms with E-state index >= 15 is 0 Å². The highest BCUT2D eigenvalue weighted by atomic mass is 16.4. The Labute approximate surface area is 122 Å². The molecule has 110 valence electrons. The molecule has 1 aliphatic heterocycles. The first-order valence-electron chi connectivity index (χ1n) is 7.11. The molecule has 0 spiro atoms. The number of piperidine rings is 1. The van der Waals surface area contributed by atoms with E-state index in [1.54, 1.807) is 0 Å². The number of amides is 1. The Kier molecular flexibility index (Phi) is 3.85. The summed E-state index contributed by atoms with van der Waals surface area (Å²) in [4.78, 5) is 12.7. The van der Waals surface area contributed by atoms with Gasteiger partial charge in [-0.15, -0.1) is 10.2 Å². The van der Waals surface area contributed by atoms with E-state index in [1.807, 2.05) is 30.3 Å². The summed E-state index contributed by atoms with van der Waals surface area (Å²) in [6.07, 6.45) is 2.40. The summed E-state index contributed by atoms with van der Waals surface area (Å²) in [6, 6.07) is 9.48. The van der Waals surface area contributed by atoms with Crippen molar-refractivity contribution in [2.24, 2.45) is 0 Å². The van der Waals surface area contributed by atoms with Crippen LogP contribution in [0.1, 0.15) is 25.2 Å². The monoisotopic (exact) mass is 287 g/mol. The van der Waals surface area contributed by atoms with Crippen molar-refractivity contribution >= 4 is 6.09 Å². The number of likely N-dealkylation sites (tertiary alicyclic amines) is 1. The van der Waals surface area contributed by atoms with Crippen LogP contribution in [0.3, 0.4) is 0 Å². The maximum absolute atomic E-state index is 11.2. The van der Waals surface area contributed by atoms with Gasteiger partial charge in [-0.25, -0.2) is 4.79 Å². The predicted molar refractivity (Wildman–Crippen MR) is 75.8 cm³/mol. The van der Waals surface area contributed by atoms with Crippen molar-refractivity contribution < 1.29 is 14.3 Å². The average Bonchev–Trinajstić information content (AvgIpc) is 2.97. The van der Waals surface area contributed by atoms with Crippen molar-refractivity contribution in [1.82, 2.24) is 15.1 Å². The quantitative estimate of drug-likeness (QED) is 0.939. The minimum absolute atomic E-state index is 0.0691. The van der Waals surface area contributed by atoms with Crippen molar-refractivity contribution in [3.63, 3.8) is 0 Å². The molecule has 0 bridgehead atoms. The Morgan fingerprint density at radius 3 is 2.86 bits per heavy atom. The van der Waals surface area contributed by atoms with Crippen molar-refractivity contribution in [2.75, 3.05) is 6.54 Å². The fourth-order valence-corrected chi connectivity index (χ4v) is 2.70. The number of hydrogen-bond acceptors (Lipinski definition) is 4. The third kappa shape index (κ3) is 3.04. The molecule has 2 aromatic rings. The zero-order chi connectivity index (χ0) is 14.7. The fraction of sp³-hybridized carbons (Fsp3) is 0.400. The number of rotatable bonds is 3. The number of hydrogen-bond donors (Lipinski definition) is 1. The Bertz CT molecular complexity index is 612. The second-order valence-electron chi connectivity index (χ2n) is 5.20. The molecule has 0 saturated carbocycles. The van der Waals surface area contributed by atoms with Crippen LogP contribution in [-0.4, -0.2) is 38.9 Å². The normalized spacial score (nSPS) is 18.7. The second kappa shape index (κ2) is 5.95. The highest BCUT2D eigenvalue weighted by Crippen LogP contribution is 2.22. The topological polar surface area (TPSA) is 79.5 Å². The summed E-state index contributed by atoms with van der Waals surface area (Å²) in [6.45, 7) is 0.583. The van der Waals surface area contributed by atoms with Crippen LogP contribution in [0.2, 0.25) is 0 Å². The molecule has 1 fully saturated rings. The largest absolute Gasteiger partial charge is 0.465 e. The smallest absolute Gasteiger partial charge is 0.407 e. The zero-order valence-corrected chi connectivity index (χ0v) is 11.6. The van der Waals surface area contributed by atoms with Gasteiger partial charge in [0.2, 0.25) is 11.8 Å². The molecule has 21 heavy (non-hydrogen) atoms. The highest BCUT2D eigenvalue weighted by molar-refractivity contribution is 5.65. The van der Waals surface area contributed by atoms with Gasteiger partial charge in [0.05, 0.1) is 0 Å². The minimum Gasteiger partial charge on any atom is -0.465 e. The van der Waals surface area contributed by atoms with E-state index in [2.05, 4.69) is 10.2 Å². The molecule has 1 N–H and O–H groups in total. The number of carbonyl (C=O) groups is 1. The van der Waals surface area contributed by atoms with Gasteiger partial charge in [-0.2, -0.15) is 0 Å². The Morgan fingerprint density at radius 2 is 2.10 bits per heavy atom. The Balaban J connectivity index is 1.73. The molecule has 1 amide bonds. The van der Waals surface area contributed by atoms with E-state index in [9.17, 15) is 9.90 Å². The molecule has 0 aliphatic carbocycles. The van der Waals surface area contributed by atoms with E-state index in [-0.39, 0.29) is 6.04 Å². The van der Waals surface area contributed by atoms with Gasteiger partial charge in [-0.05, 0) is 31.4 Å². The van der Waals surface area contributed by atoms with E-state index in [4.69, 9.17) is 4.42 Å². The minimum atomic E-state index is -0.873. The predicted octanol–water partition coefficient (Wildman–Crippen LogP) is 2.81. The first-order valence-corrected chi connectivity index (χ1v) is 7.11. The molecule has 1 aromatic heterocycles. The van der Waals surface area contributed by atoms with Gasteiger partial charge < -0.3 is 14.4 Å². The lowest BCUT2D eigenvalue weighted by Gasteiger charge is -2.32. The SMILES string of the molecule is O=C(O)N1CCCCC1Cc1nnc(-c2ccccc2)o1. The van der Waals surface area contributed by atoms with Gasteiger partial charge in [0.25, 0.3) is 0 Å². The van der Waals surface area contributed by atoms with E-state index < -0.39 is 6.09 Å². The maximum atomic E-state index is 11.2. The first-order chi connectivity index (χ1) is 10.2. The lowest BCUT2D eigenvalue weighted by molar-refractivity contribution is 0.104. The lowest BCUT2D eigenvalue weighted by atomic mass is 10.00. The molecule has 6 heteroatoms. The van der Waals surface area contributed by atoms with Crippen LogP contribution < -0.4 is 0 Å². The van der Waals surface area contributed by atoms with Crippen LogP contribution in [-0.2, 0) is 6.42 Å². The Hall–Kier alpha value is -2.37. The van der Waals surface area contributed by atoms with Crippen molar-refractivity contribution in [3.05, 3.63) is 36.2 Å². The van der Waals surface area contributed by atoms with Crippen molar-refractivity contribution in [3.8, 4) is 11.5 Å². The summed E-state index contributed by atoms with van der Waals surface area (Å²) >= 11 is 0. The first kappa shape index (κ1) is 13.6. The average molecular weight is 287 g/mol. The molecule has 6 nitrogen and oxygen atoms in total. The third-order valence-electron chi connectivity index (χ3n) is 3.77. The van der Waals surface area contributed by atoms with Gasteiger partial charge in [-0.1, -0.05) is 18.2 Å². The summed E-state index contributed by atoms with van der Waals surface area (Å²) in [7, 11) is 0. The number of nitrogens with zero attached hydrogens (tertiary/aromatic N) is 3. The molecular weight excluding hydrogens is 270 g/mol. The van der Waals surface area contributed by atoms with Gasteiger partial charge in [0.1, 0.15) is 0 Å². The van der Waals surface area contributed by atoms with Crippen molar-refractivity contribution in [1.29, 1.82) is 0 Å². The van der Waals surface area contributed by atoms with Crippen LogP contribution in [0.25, 0.3) is 11.5 Å². The molecule has 1 aromatic carbocycles. The summed E-state index contributed by atoms with van der Waals surface area (Å²) in [5.74, 6) is 0.968. The van der Waals surface area contributed by atoms with Gasteiger partial charge >= 0.3 is 6.09 Å². The van der Waals surface area contributed by atoms with Gasteiger partial charge in [-0.3, -0.25) is 0 Å². The molecule has 0 radical (unpaired) electrons. The fourth-order valence-electron chi connectivity index (χ4n) is 2.70. The van der Waals surface area contributed by atoms with E-state index in [0.29, 0.717) is 24.7 Å². The lowest BCUT2D eigenvalue weighted by Crippen LogP contribution is -2.44. The molecule has 1 unspecified atom stereocenters. The number of carboxylic acid groups (broad SMARTS) is 1. The van der Waals surface area contributed by atoms with E-state index in [1.165, 1.54) is 4.90 Å². The number of aromatic nitrogens is 2. The van der Waals surface area contributed by atoms with Crippen LogP contribution in [0, 0.1) is 0 Å². The van der Waals surface area contributed by atoms with E-state index in [0.717, 1.165) is 24.8 Å². The molecular formula is C15H17N3O3. The van der Waals surface area contributed by atoms with Crippen LogP contribution >= 0.6 is 0 Å². The van der Waals surface area contributed by atoms with Crippen LogP contribution in [0.4, 0.5) is 4.79 Å². The van der Waals surface area contributed by atoms with Crippen molar-refractivity contribution in [2.45, 2.75) is 31.7 Å². The molecule has 1 aliphatic rings. The second-order valence-corrected chi connectivity index (χ2v) is 5.20. The standard InChI is InChI=1S/C15H17N3O3/c19-15(20)18-9-5-4-8-12(18)10-13-16-17-14(21-13)11-6-2-1-3-7-11/h1-3,6-7,12H,4-5,8-10H2,(H,19,20). The number of benzene rings is 1. The van der Waals surface area contributed by atoms with Crippen LogP contribution in [0.15, 0.2) is 34.7 Å². The maximum Gasteiger partial charge on any atom is 0.407 e. The zero-order valence-electron chi connectivity index (χ0n) is 11.6. The molecule has 3 rings (SSSR count). The van der Waals surface area contributed by atoms with Crippen LogP contribution in [0.5, 0.6) is 0 Å². The molecule has 1 atom stereocenters. The third-order valence-corrected chi connectivity index (χ3v) is 3.77. The molecule has 2 heterocycles. The molecule has 1 saturated heterocycles. The van der Waals surface area contributed by atoms with Gasteiger partial charge in [0, 0.05) is 24.6 Å². The Morgan fingerprint density at radius 1 is 1.29 bits per heavy atom. The summed E-state index contributed by atoms with van der Waals surface area (Å²) in [5.41, 5.74) is 0.870. The van der Waals surface area contributed by atoms with Gasteiger partial charge in [0.15, 0.2) is 0 Å². The summed E-state index contributed by atoms with van der Waals surface area (Å²) < 4.78 is 5.66. The summed E-state index contributed by atoms with van der Waals surface area (Å²) in [5, 5.41) is 17.3. The highest BCUT2D eigenvalue weighted by Gasteiger charge is 2.28.